The Hall–Kier alpha value is -0.160. The van der Waals surface area contributed by atoms with Crippen molar-refractivity contribution in [3.63, 3.8) is 0 Å². The quantitative estimate of drug-likeness (QED) is 0.574. The molecule has 4 heteroatoms. The van der Waals surface area contributed by atoms with Crippen molar-refractivity contribution >= 4 is 0 Å². The molecule has 0 aliphatic heterocycles. The fourth-order valence-electron chi connectivity index (χ4n) is 4.00. The Labute approximate surface area is 119 Å². The molecule has 2 fully saturated rings. The Morgan fingerprint density at radius 3 is 2.16 bits per heavy atom. The van der Waals surface area contributed by atoms with Gasteiger partial charge in [0.15, 0.2) is 0 Å². The summed E-state index contributed by atoms with van der Waals surface area (Å²) < 4.78 is 0. The van der Waals surface area contributed by atoms with Gasteiger partial charge in [-0.05, 0) is 55.8 Å². The third-order valence-corrected chi connectivity index (χ3v) is 5.30. The van der Waals surface area contributed by atoms with Crippen LogP contribution in [0.3, 0.4) is 0 Å². The van der Waals surface area contributed by atoms with E-state index in [2.05, 4.69) is 13.8 Å². The lowest BCUT2D eigenvalue weighted by molar-refractivity contribution is 0.130. The van der Waals surface area contributed by atoms with Gasteiger partial charge in [-0.1, -0.05) is 33.1 Å². The Balaban J connectivity index is 0.00000162. The van der Waals surface area contributed by atoms with E-state index in [1.807, 2.05) is 0 Å². The molecule has 2 aliphatic rings. The minimum absolute atomic E-state index is 0. The van der Waals surface area contributed by atoms with Crippen molar-refractivity contribution in [2.45, 2.75) is 70.9 Å². The second-order valence-corrected chi connectivity index (χ2v) is 7.03. The topological polar surface area (TPSA) is 122 Å². The first-order valence-electron chi connectivity index (χ1n) is 7.55. The van der Waals surface area contributed by atoms with Crippen molar-refractivity contribution in [2.75, 3.05) is 0 Å². The van der Waals surface area contributed by atoms with Crippen molar-refractivity contribution in [2.24, 2.45) is 35.1 Å². The lowest BCUT2D eigenvalue weighted by Gasteiger charge is -2.41. The van der Waals surface area contributed by atoms with Crippen LogP contribution in [0.4, 0.5) is 0 Å². The number of rotatable bonds is 2. The Bertz CT molecular complexity index is 255. The van der Waals surface area contributed by atoms with Crippen molar-refractivity contribution in [1.82, 2.24) is 12.3 Å². The molecule has 0 aromatic heterocycles. The molecule has 4 atom stereocenters. The molecule has 0 saturated heterocycles. The van der Waals surface area contributed by atoms with Crippen molar-refractivity contribution < 1.29 is 0 Å². The third-order valence-electron chi connectivity index (χ3n) is 5.30. The van der Waals surface area contributed by atoms with E-state index in [0.717, 1.165) is 24.2 Å². The van der Waals surface area contributed by atoms with Crippen molar-refractivity contribution in [3.05, 3.63) is 0 Å². The maximum atomic E-state index is 6.12. The minimum Gasteiger partial charge on any atom is -0.344 e. The summed E-state index contributed by atoms with van der Waals surface area (Å²) in [5.41, 5.74) is 11.8. The van der Waals surface area contributed by atoms with Crippen LogP contribution in [0.25, 0.3) is 0 Å². The summed E-state index contributed by atoms with van der Waals surface area (Å²) in [7, 11) is 0. The molecule has 0 spiro atoms. The molecule has 19 heavy (non-hydrogen) atoms. The van der Waals surface area contributed by atoms with Crippen LogP contribution < -0.4 is 23.8 Å². The zero-order valence-electron chi connectivity index (χ0n) is 13.0. The van der Waals surface area contributed by atoms with Crippen molar-refractivity contribution in [1.29, 1.82) is 0 Å². The van der Waals surface area contributed by atoms with E-state index in [1.165, 1.54) is 44.9 Å². The Morgan fingerprint density at radius 1 is 0.947 bits per heavy atom. The van der Waals surface area contributed by atoms with Gasteiger partial charge in [-0.25, -0.2) is 0 Å². The van der Waals surface area contributed by atoms with Crippen LogP contribution in [-0.4, -0.2) is 5.66 Å². The molecule has 4 unspecified atom stereocenters. The Morgan fingerprint density at radius 2 is 1.58 bits per heavy atom. The normalized spacial score (nSPS) is 37.9. The van der Waals surface area contributed by atoms with E-state index in [0.29, 0.717) is 5.92 Å². The molecule has 0 bridgehead atoms. The molecule has 10 N–H and O–H groups in total. The fraction of sp³-hybridized carbons (Fsp3) is 1.00. The fourth-order valence-corrected chi connectivity index (χ4v) is 4.00. The van der Waals surface area contributed by atoms with E-state index >= 15 is 0 Å². The van der Waals surface area contributed by atoms with Crippen LogP contribution >= 0.6 is 0 Å². The van der Waals surface area contributed by atoms with Gasteiger partial charge in [0.2, 0.25) is 0 Å². The zero-order valence-corrected chi connectivity index (χ0v) is 13.0. The van der Waals surface area contributed by atoms with Crippen LogP contribution in [0.1, 0.15) is 65.2 Å². The van der Waals surface area contributed by atoms with Gasteiger partial charge >= 0.3 is 0 Å². The summed E-state index contributed by atoms with van der Waals surface area (Å²) >= 11 is 0. The second-order valence-electron chi connectivity index (χ2n) is 7.03. The maximum absolute atomic E-state index is 6.12. The molecule has 4 nitrogen and oxygen atoms in total. The highest BCUT2D eigenvalue weighted by atomic mass is 15.0. The molecular formula is C15H36N4. The highest BCUT2D eigenvalue weighted by Crippen LogP contribution is 2.39. The average Bonchev–Trinajstić information content (AvgIpc) is 2.24. The SMILES string of the molecule is CC1CCCC(CC2CCC(N)(N)C(C)C2)C1.N.N. The molecule has 0 aromatic rings. The van der Waals surface area contributed by atoms with Gasteiger partial charge in [0.25, 0.3) is 0 Å². The van der Waals surface area contributed by atoms with E-state index in [9.17, 15) is 0 Å². The lowest BCUT2D eigenvalue weighted by atomic mass is 9.70. The van der Waals surface area contributed by atoms with Crippen molar-refractivity contribution in [3.8, 4) is 0 Å². The van der Waals surface area contributed by atoms with Crippen LogP contribution in [0.5, 0.6) is 0 Å². The summed E-state index contributed by atoms with van der Waals surface area (Å²) in [6, 6.07) is 0. The minimum atomic E-state index is -0.393. The average molecular weight is 272 g/mol. The van der Waals surface area contributed by atoms with E-state index < -0.39 is 5.66 Å². The summed E-state index contributed by atoms with van der Waals surface area (Å²) in [6.07, 6.45) is 10.8. The van der Waals surface area contributed by atoms with Gasteiger partial charge in [0.1, 0.15) is 0 Å². The molecule has 116 valence electrons. The zero-order chi connectivity index (χ0) is 12.5. The van der Waals surface area contributed by atoms with E-state index in [-0.39, 0.29) is 12.3 Å². The first-order chi connectivity index (χ1) is 7.97. The predicted molar refractivity (Wildman–Crippen MR) is 83.4 cm³/mol. The number of hydrogen-bond donors (Lipinski definition) is 4. The Kier molecular flexibility index (Phi) is 7.51. The molecule has 0 heterocycles. The smallest absolute Gasteiger partial charge is 0.0663 e. The van der Waals surface area contributed by atoms with Crippen LogP contribution in [0.15, 0.2) is 0 Å². The number of nitrogens with two attached hydrogens (primary N) is 2. The summed E-state index contributed by atoms with van der Waals surface area (Å²) in [5.74, 6) is 3.32. The standard InChI is InChI=1S/C15H30N2.2H3N/c1-11-4-3-5-13(8-11)10-14-6-7-15(16,17)12(2)9-14;;/h11-14H,3-10,16-17H2,1-2H3;2*1H3. The van der Waals surface area contributed by atoms with Gasteiger partial charge in [0.05, 0.1) is 5.66 Å². The van der Waals surface area contributed by atoms with Gasteiger partial charge in [-0.2, -0.15) is 0 Å². The molecule has 2 aliphatic carbocycles. The molecule has 0 aromatic carbocycles. The summed E-state index contributed by atoms with van der Waals surface area (Å²) in [5, 5.41) is 0. The van der Waals surface area contributed by atoms with Crippen LogP contribution in [0.2, 0.25) is 0 Å². The summed E-state index contributed by atoms with van der Waals surface area (Å²) in [4.78, 5) is 0. The monoisotopic (exact) mass is 272 g/mol. The highest BCUT2D eigenvalue weighted by Gasteiger charge is 2.35. The van der Waals surface area contributed by atoms with Crippen LogP contribution in [-0.2, 0) is 0 Å². The second kappa shape index (κ2) is 7.58. The van der Waals surface area contributed by atoms with E-state index in [4.69, 9.17) is 11.5 Å². The van der Waals surface area contributed by atoms with Gasteiger partial charge in [-0.3, -0.25) is 0 Å². The first-order valence-corrected chi connectivity index (χ1v) is 7.55. The van der Waals surface area contributed by atoms with Gasteiger partial charge in [-0.15, -0.1) is 0 Å². The molecule has 0 radical (unpaired) electrons. The largest absolute Gasteiger partial charge is 0.344 e. The molecule has 0 amide bonds. The molecule has 2 saturated carbocycles. The third kappa shape index (κ3) is 5.03. The van der Waals surface area contributed by atoms with E-state index in [1.54, 1.807) is 0 Å². The highest BCUT2D eigenvalue weighted by molar-refractivity contribution is 4.90. The number of hydrogen-bond acceptors (Lipinski definition) is 4. The first kappa shape index (κ1) is 18.8. The molecular weight excluding hydrogens is 236 g/mol. The molecule has 2 rings (SSSR count). The summed E-state index contributed by atoms with van der Waals surface area (Å²) in [6.45, 7) is 4.65. The van der Waals surface area contributed by atoms with Gasteiger partial charge in [0, 0.05) is 0 Å². The van der Waals surface area contributed by atoms with Gasteiger partial charge < -0.3 is 23.8 Å². The van der Waals surface area contributed by atoms with Crippen LogP contribution in [0, 0.1) is 23.7 Å². The predicted octanol–water partition coefficient (Wildman–Crippen LogP) is 3.58. The maximum Gasteiger partial charge on any atom is 0.0663 e. The lowest BCUT2D eigenvalue weighted by Crippen LogP contribution is -2.57.